The van der Waals surface area contributed by atoms with E-state index < -0.39 is 0 Å². The summed E-state index contributed by atoms with van der Waals surface area (Å²) in [5, 5.41) is 9.38. The summed E-state index contributed by atoms with van der Waals surface area (Å²) < 4.78 is 0. The maximum atomic E-state index is 9.38. The summed E-state index contributed by atoms with van der Waals surface area (Å²) >= 11 is 0. The molecule has 138 valence electrons. The molecule has 2 nitrogen and oxygen atoms in total. The Bertz CT molecular complexity index is 1170. The van der Waals surface area contributed by atoms with Crippen LogP contribution < -0.4 is 0 Å². The second-order valence-corrected chi connectivity index (χ2v) is 7.69. The van der Waals surface area contributed by atoms with E-state index in [9.17, 15) is 5.26 Å². The molecular weight excluding hydrogens is 352 g/mol. The zero-order valence-electron chi connectivity index (χ0n) is 16.0. The van der Waals surface area contributed by atoms with Crippen molar-refractivity contribution in [1.29, 1.82) is 5.26 Å². The van der Waals surface area contributed by atoms with E-state index in [0.717, 1.165) is 12.8 Å². The molecule has 0 atom stereocenters. The molecule has 0 amide bonds. The predicted molar refractivity (Wildman–Crippen MR) is 115 cm³/mol. The number of rotatable bonds is 4. The maximum Gasteiger partial charge on any atom is 0.0991 e. The van der Waals surface area contributed by atoms with Crippen molar-refractivity contribution >= 4 is 0 Å². The van der Waals surface area contributed by atoms with Crippen LogP contribution in [0.25, 0.3) is 11.1 Å². The standard InChI is InChI=1S/C27H20N2/c28-19-22-7-5-6-21(16-22)18-27(17-20-12-14-29-15-13-20)25-10-3-1-8-23(25)24-9-2-4-11-26(24)27/h1-16H,17-18H2. The molecule has 0 saturated carbocycles. The van der Waals surface area contributed by atoms with Gasteiger partial charge < -0.3 is 0 Å². The summed E-state index contributed by atoms with van der Waals surface area (Å²) in [7, 11) is 0. The molecule has 0 radical (unpaired) electrons. The van der Waals surface area contributed by atoms with Crippen LogP contribution in [0.15, 0.2) is 97.3 Å². The van der Waals surface area contributed by atoms with Gasteiger partial charge in [-0.3, -0.25) is 4.98 Å². The number of hydrogen-bond donors (Lipinski definition) is 0. The average molecular weight is 372 g/mol. The molecule has 2 heteroatoms. The van der Waals surface area contributed by atoms with Gasteiger partial charge in [0, 0.05) is 17.8 Å². The van der Waals surface area contributed by atoms with Crippen molar-refractivity contribution in [3.8, 4) is 17.2 Å². The molecule has 4 aromatic rings. The van der Waals surface area contributed by atoms with E-state index in [0.29, 0.717) is 5.56 Å². The Morgan fingerprint density at radius 1 is 0.690 bits per heavy atom. The van der Waals surface area contributed by atoms with Gasteiger partial charge in [-0.2, -0.15) is 5.26 Å². The smallest absolute Gasteiger partial charge is 0.0991 e. The fourth-order valence-corrected chi connectivity index (χ4v) is 4.81. The molecule has 0 saturated heterocycles. The van der Waals surface area contributed by atoms with Crippen molar-refractivity contribution in [2.24, 2.45) is 0 Å². The van der Waals surface area contributed by atoms with Crippen molar-refractivity contribution in [1.82, 2.24) is 4.98 Å². The van der Waals surface area contributed by atoms with Crippen LogP contribution in [0.2, 0.25) is 0 Å². The van der Waals surface area contributed by atoms with Gasteiger partial charge in [-0.1, -0.05) is 60.7 Å². The minimum atomic E-state index is -0.178. The lowest BCUT2D eigenvalue weighted by molar-refractivity contribution is 0.519. The van der Waals surface area contributed by atoms with Crippen LogP contribution in [-0.4, -0.2) is 4.98 Å². The summed E-state index contributed by atoms with van der Waals surface area (Å²) in [5.41, 5.74) is 8.33. The van der Waals surface area contributed by atoms with E-state index >= 15 is 0 Å². The fourth-order valence-electron chi connectivity index (χ4n) is 4.81. The van der Waals surface area contributed by atoms with Gasteiger partial charge in [-0.05, 0) is 70.5 Å². The normalized spacial score (nSPS) is 13.3. The Morgan fingerprint density at radius 3 is 1.97 bits per heavy atom. The Balaban J connectivity index is 1.74. The Labute approximate surface area is 171 Å². The monoisotopic (exact) mass is 372 g/mol. The molecule has 0 aliphatic heterocycles. The van der Waals surface area contributed by atoms with Crippen LogP contribution in [0.4, 0.5) is 0 Å². The average Bonchev–Trinajstić information content (AvgIpc) is 3.05. The van der Waals surface area contributed by atoms with E-state index in [1.807, 2.05) is 30.6 Å². The third kappa shape index (κ3) is 2.92. The summed E-state index contributed by atoms with van der Waals surface area (Å²) in [6.07, 6.45) is 5.47. The lowest BCUT2D eigenvalue weighted by Gasteiger charge is -2.33. The summed E-state index contributed by atoms with van der Waals surface area (Å²) in [4.78, 5) is 4.20. The fraction of sp³-hybridized carbons (Fsp3) is 0.111. The molecular formula is C27H20N2. The predicted octanol–water partition coefficient (Wildman–Crippen LogP) is 5.71. The number of pyridine rings is 1. The third-order valence-electron chi connectivity index (χ3n) is 5.99. The molecule has 0 N–H and O–H groups in total. The SMILES string of the molecule is N#Cc1cccc(CC2(Cc3ccncc3)c3ccccc3-c3ccccc32)c1. The first-order valence-corrected chi connectivity index (χ1v) is 9.87. The first kappa shape index (κ1) is 17.4. The first-order chi connectivity index (χ1) is 14.3. The van der Waals surface area contributed by atoms with Crippen LogP contribution in [0.5, 0.6) is 0 Å². The van der Waals surface area contributed by atoms with Crippen molar-refractivity contribution in [2.75, 3.05) is 0 Å². The zero-order chi connectivity index (χ0) is 19.7. The quantitative estimate of drug-likeness (QED) is 0.460. The lowest BCUT2D eigenvalue weighted by Crippen LogP contribution is -2.31. The van der Waals surface area contributed by atoms with Crippen LogP contribution in [0.3, 0.4) is 0 Å². The largest absolute Gasteiger partial charge is 0.265 e. The van der Waals surface area contributed by atoms with Gasteiger partial charge in [0.25, 0.3) is 0 Å². The number of hydrogen-bond acceptors (Lipinski definition) is 2. The van der Waals surface area contributed by atoms with Crippen molar-refractivity contribution in [3.63, 3.8) is 0 Å². The van der Waals surface area contributed by atoms with Crippen molar-refractivity contribution in [3.05, 3.63) is 125 Å². The molecule has 0 bridgehead atoms. The summed E-state index contributed by atoms with van der Waals surface area (Å²) in [6, 6.07) is 32.0. The highest BCUT2D eigenvalue weighted by atomic mass is 14.6. The van der Waals surface area contributed by atoms with Crippen molar-refractivity contribution < 1.29 is 0 Å². The highest BCUT2D eigenvalue weighted by Gasteiger charge is 2.42. The molecule has 1 aliphatic rings. The van der Waals surface area contributed by atoms with Crippen molar-refractivity contribution in [2.45, 2.75) is 18.3 Å². The molecule has 0 unspecified atom stereocenters. The van der Waals surface area contributed by atoms with E-state index in [1.54, 1.807) is 0 Å². The van der Waals surface area contributed by atoms with Gasteiger partial charge in [0.1, 0.15) is 0 Å². The number of benzene rings is 3. The van der Waals surface area contributed by atoms with Crippen LogP contribution in [0.1, 0.15) is 27.8 Å². The number of nitrogens with zero attached hydrogens (tertiary/aromatic N) is 2. The number of fused-ring (bicyclic) bond motifs is 3. The Hall–Kier alpha value is -3.70. The summed E-state index contributed by atoms with van der Waals surface area (Å²) in [6.45, 7) is 0. The highest BCUT2D eigenvalue weighted by molar-refractivity contribution is 5.81. The topological polar surface area (TPSA) is 36.7 Å². The maximum absolute atomic E-state index is 9.38. The van der Waals surface area contributed by atoms with E-state index in [2.05, 4.69) is 77.8 Å². The van der Waals surface area contributed by atoms with Crippen LogP contribution in [0, 0.1) is 11.3 Å². The molecule has 3 aromatic carbocycles. The van der Waals surface area contributed by atoms with Gasteiger partial charge in [0.05, 0.1) is 11.6 Å². The molecule has 1 heterocycles. The molecule has 0 spiro atoms. The highest BCUT2D eigenvalue weighted by Crippen LogP contribution is 2.52. The minimum Gasteiger partial charge on any atom is -0.265 e. The zero-order valence-corrected chi connectivity index (χ0v) is 16.0. The van der Waals surface area contributed by atoms with E-state index in [4.69, 9.17) is 0 Å². The first-order valence-electron chi connectivity index (χ1n) is 9.87. The van der Waals surface area contributed by atoms with Crippen LogP contribution >= 0.6 is 0 Å². The van der Waals surface area contributed by atoms with E-state index in [-0.39, 0.29) is 5.41 Å². The summed E-state index contributed by atoms with van der Waals surface area (Å²) in [5.74, 6) is 0. The Kier molecular flexibility index (Phi) is 4.22. The third-order valence-corrected chi connectivity index (χ3v) is 5.99. The second-order valence-electron chi connectivity index (χ2n) is 7.69. The van der Waals surface area contributed by atoms with Gasteiger partial charge in [-0.25, -0.2) is 0 Å². The molecule has 29 heavy (non-hydrogen) atoms. The van der Waals surface area contributed by atoms with Gasteiger partial charge in [0.2, 0.25) is 0 Å². The molecule has 5 rings (SSSR count). The van der Waals surface area contributed by atoms with E-state index in [1.165, 1.54) is 33.4 Å². The van der Waals surface area contributed by atoms with Gasteiger partial charge in [-0.15, -0.1) is 0 Å². The second kappa shape index (κ2) is 7.04. The molecule has 0 fully saturated rings. The molecule has 1 aromatic heterocycles. The molecule has 1 aliphatic carbocycles. The Morgan fingerprint density at radius 2 is 1.31 bits per heavy atom. The lowest BCUT2D eigenvalue weighted by atomic mass is 9.69. The van der Waals surface area contributed by atoms with Crippen LogP contribution in [-0.2, 0) is 18.3 Å². The number of aromatic nitrogens is 1. The van der Waals surface area contributed by atoms with Gasteiger partial charge >= 0.3 is 0 Å². The minimum absolute atomic E-state index is 0.178. The van der Waals surface area contributed by atoms with Gasteiger partial charge in [0.15, 0.2) is 0 Å². The number of nitriles is 1.